The Morgan fingerprint density at radius 1 is 1.38 bits per heavy atom. The van der Waals surface area contributed by atoms with Gasteiger partial charge in [-0.1, -0.05) is 0 Å². The second kappa shape index (κ2) is 4.34. The molecule has 2 saturated carbocycles. The maximum absolute atomic E-state index is 11.7. The van der Waals surface area contributed by atoms with Gasteiger partial charge in [0.15, 0.2) is 0 Å². The SMILES string of the molecule is COC(=O)C1(N)CCCC(N(C)C2CC2)C1. The molecule has 2 aliphatic carbocycles. The standard InChI is InChI=1S/C12H22N2O2/c1-14(9-5-6-9)10-4-3-7-12(13,8-10)11(15)16-2/h9-10H,3-8,13H2,1-2H3. The molecule has 4 nitrogen and oxygen atoms in total. The topological polar surface area (TPSA) is 55.6 Å². The maximum Gasteiger partial charge on any atom is 0.325 e. The summed E-state index contributed by atoms with van der Waals surface area (Å²) >= 11 is 0. The maximum atomic E-state index is 11.7. The molecule has 0 aliphatic heterocycles. The normalized spacial score (nSPS) is 35.1. The summed E-state index contributed by atoms with van der Waals surface area (Å²) in [5, 5.41) is 0. The molecule has 0 aromatic rings. The van der Waals surface area contributed by atoms with E-state index in [1.807, 2.05) is 0 Å². The van der Waals surface area contributed by atoms with Gasteiger partial charge in [-0.25, -0.2) is 0 Å². The second-order valence-corrected chi connectivity index (χ2v) is 5.29. The molecule has 2 atom stereocenters. The molecule has 2 unspecified atom stereocenters. The highest BCUT2D eigenvalue weighted by Crippen LogP contribution is 2.35. The fraction of sp³-hybridized carbons (Fsp3) is 0.917. The first kappa shape index (κ1) is 11.9. The fourth-order valence-electron chi connectivity index (χ4n) is 2.79. The number of ether oxygens (including phenoxy) is 1. The second-order valence-electron chi connectivity index (χ2n) is 5.29. The van der Waals surface area contributed by atoms with E-state index in [-0.39, 0.29) is 5.97 Å². The molecular formula is C12H22N2O2. The lowest BCUT2D eigenvalue weighted by Crippen LogP contribution is -2.55. The van der Waals surface area contributed by atoms with Gasteiger partial charge in [0.2, 0.25) is 0 Å². The van der Waals surface area contributed by atoms with Crippen molar-refractivity contribution in [1.29, 1.82) is 0 Å². The summed E-state index contributed by atoms with van der Waals surface area (Å²) in [6, 6.07) is 1.18. The molecule has 0 amide bonds. The van der Waals surface area contributed by atoms with Crippen LogP contribution in [0.5, 0.6) is 0 Å². The summed E-state index contributed by atoms with van der Waals surface area (Å²) < 4.78 is 4.81. The van der Waals surface area contributed by atoms with E-state index in [4.69, 9.17) is 10.5 Å². The predicted octanol–water partition coefficient (Wildman–Crippen LogP) is 0.894. The molecule has 2 fully saturated rings. The van der Waals surface area contributed by atoms with Crippen molar-refractivity contribution in [2.45, 2.75) is 56.1 Å². The summed E-state index contributed by atoms with van der Waals surface area (Å²) in [7, 11) is 3.58. The zero-order valence-electron chi connectivity index (χ0n) is 10.2. The molecule has 0 radical (unpaired) electrons. The molecule has 0 aromatic carbocycles. The van der Waals surface area contributed by atoms with Gasteiger partial charge in [-0.05, 0) is 45.6 Å². The molecule has 0 spiro atoms. The highest BCUT2D eigenvalue weighted by atomic mass is 16.5. The van der Waals surface area contributed by atoms with Crippen LogP contribution in [-0.2, 0) is 9.53 Å². The minimum Gasteiger partial charge on any atom is -0.468 e. The number of nitrogens with zero attached hydrogens (tertiary/aromatic N) is 1. The van der Waals surface area contributed by atoms with E-state index in [0.29, 0.717) is 6.04 Å². The third-order valence-corrected chi connectivity index (χ3v) is 4.05. The van der Waals surface area contributed by atoms with E-state index in [9.17, 15) is 4.79 Å². The van der Waals surface area contributed by atoms with E-state index in [2.05, 4.69) is 11.9 Å². The van der Waals surface area contributed by atoms with Crippen LogP contribution in [0.15, 0.2) is 0 Å². The number of hydrogen-bond acceptors (Lipinski definition) is 4. The zero-order valence-corrected chi connectivity index (χ0v) is 10.2. The predicted molar refractivity (Wildman–Crippen MR) is 62.0 cm³/mol. The third-order valence-electron chi connectivity index (χ3n) is 4.05. The Labute approximate surface area is 97.1 Å². The molecular weight excluding hydrogens is 204 g/mol. The van der Waals surface area contributed by atoms with Gasteiger partial charge in [0.05, 0.1) is 7.11 Å². The van der Waals surface area contributed by atoms with Crippen molar-refractivity contribution in [3.8, 4) is 0 Å². The first-order valence-corrected chi connectivity index (χ1v) is 6.16. The Morgan fingerprint density at radius 3 is 2.62 bits per heavy atom. The molecule has 4 heteroatoms. The molecule has 92 valence electrons. The summed E-state index contributed by atoms with van der Waals surface area (Å²) in [5.74, 6) is -0.249. The van der Waals surface area contributed by atoms with Crippen LogP contribution in [0.2, 0.25) is 0 Å². The highest BCUT2D eigenvalue weighted by Gasteiger charge is 2.43. The number of hydrogen-bond donors (Lipinski definition) is 1. The van der Waals surface area contributed by atoms with Gasteiger partial charge < -0.3 is 15.4 Å². The Kier molecular flexibility index (Phi) is 3.22. The molecule has 2 N–H and O–H groups in total. The number of rotatable bonds is 3. The van der Waals surface area contributed by atoms with Crippen LogP contribution in [0.25, 0.3) is 0 Å². The smallest absolute Gasteiger partial charge is 0.325 e. The van der Waals surface area contributed by atoms with Crippen LogP contribution in [0.1, 0.15) is 38.5 Å². The van der Waals surface area contributed by atoms with E-state index in [0.717, 1.165) is 31.7 Å². The van der Waals surface area contributed by atoms with Crippen molar-refractivity contribution in [1.82, 2.24) is 4.90 Å². The number of nitrogens with two attached hydrogens (primary N) is 1. The van der Waals surface area contributed by atoms with Gasteiger partial charge in [0, 0.05) is 12.1 Å². The Balaban J connectivity index is 1.99. The monoisotopic (exact) mass is 226 g/mol. The average Bonchev–Trinajstić information content (AvgIpc) is 3.11. The van der Waals surface area contributed by atoms with Crippen molar-refractivity contribution in [3.05, 3.63) is 0 Å². The van der Waals surface area contributed by atoms with Gasteiger partial charge in [-0.2, -0.15) is 0 Å². The highest BCUT2D eigenvalue weighted by molar-refractivity contribution is 5.80. The lowest BCUT2D eigenvalue weighted by Gasteiger charge is -2.39. The molecule has 0 aromatic heterocycles. The minimum atomic E-state index is -0.749. The molecule has 0 heterocycles. The average molecular weight is 226 g/mol. The number of methoxy groups -OCH3 is 1. The van der Waals surface area contributed by atoms with E-state index < -0.39 is 5.54 Å². The summed E-state index contributed by atoms with van der Waals surface area (Å²) in [5.41, 5.74) is 5.41. The van der Waals surface area contributed by atoms with Crippen molar-refractivity contribution in [3.63, 3.8) is 0 Å². The van der Waals surface area contributed by atoms with Crippen LogP contribution >= 0.6 is 0 Å². The molecule has 2 rings (SSSR count). The number of carbonyl (C=O) groups excluding carboxylic acids is 1. The largest absolute Gasteiger partial charge is 0.468 e. The van der Waals surface area contributed by atoms with E-state index in [1.165, 1.54) is 20.0 Å². The lowest BCUT2D eigenvalue weighted by molar-refractivity contribution is -0.149. The molecule has 0 saturated heterocycles. The molecule has 2 aliphatic rings. The zero-order chi connectivity index (χ0) is 11.8. The van der Waals surface area contributed by atoms with Crippen molar-refractivity contribution in [2.24, 2.45) is 5.73 Å². The molecule has 0 bridgehead atoms. The van der Waals surface area contributed by atoms with Gasteiger partial charge in [-0.3, -0.25) is 4.79 Å². The van der Waals surface area contributed by atoms with Gasteiger partial charge in [0.25, 0.3) is 0 Å². The van der Waals surface area contributed by atoms with Crippen molar-refractivity contribution in [2.75, 3.05) is 14.2 Å². The summed E-state index contributed by atoms with van der Waals surface area (Å²) in [4.78, 5) is 14.1. The van der Waals surface area contributed by atoms with Crippen LogP contribution in [0, 0.1) is 0 Å². The Bertz CT molecular complexity index is 278. The summed E-state index contributed by atoms with van der Waals surface area (Å²) in [6.45, 7) is 0. The third kappa shape index (κ3) is 2.23. The number of esters is 1. The van der Waals surface area contributed by atoms with Crippen LogP contribution in [-0.4, -0.2) is 42.6 Å². The van der Waals surface area contributed by atoms with Gasteiger partial charge in [0.1, 0.15) is 5.54 Å². The summed E-state index contributed by atoms with van der Waals surface area (Å²) in [6.07, 6.45) is 6.27. The lowest BCUT2D eigenvalue weighted by atomic mass is 9.79. The van der Waals surface area contributed by atoms with Crippen LogP contribution in [0.3, 0.4) is 0 Å². The van der Waals surface area contributed by atoms with Gasteiger partial charge in [-0.15, -0.1) is 0 Å². The first-order chi connectivity index (χ1) is 7.57. The van der Waals surface area contributed by atoms with Crippen molar-refractivity contribution < 1.29 is 9.53 Å². The van der Waals surface area contributed by atoms with Crippen LogP contribution in [0.4, 0.5) is 0 Å². The first-order valence-electron chi connectivity index (χ1n) is 6.16. The van der Waals surface area contributed by atoms with Crippen molar-refractivity contribution >= 4 is 5.97 Å². The Hall–Kier alpha value is -0.610. The van der Waals surface area contributed by atoms with E-state index in [1.54, 1.807) is 0 Å². The Morgan fingerprint density at radius 2 is 2.06 bits per heavy atom. The van der Waals surface area contributed by atoms with Crippen LogP contribution < -0.4 is 5.73 Å². The van der Waals surface area contributed by atoms with E-state index >= 15 is 0 Å². The number of carbonyl (C=O) groups is 1. The van der Waals surface area contributed by atoms with Gasteiger partial charge >= 0.3 is 5.97 Å². The minimum absolute atomic E-state index is 0.249. The fourth-order valence-corrected chi connectivity index (χ4v) is 2.79. The quantitative estimate of drug-likeness (QED) is 0.726. The molecule has 16 heavy (non-hydrogen) atoms.